The number of nitrogens with zero attached hydrogens (tertiary/aromatic N) is 4. The predicted octanol–water partition coefficient (Wildman–Crippen LogP) is 0.112. The van der Waals surface area contributed by atoms with Crippen molar-refractivity contribution in [1.29, 1.82) is 0 Å². The SMILES string of the molecule is Nc1ccc(=O)n(CCCn2cncn2)c1. The Morgan fingerprint density at radius 2 is 2.19 bits per heavy atom. The summed E-state index contributed by atoms with van der Waals surface area (Å²) in [4.78, 5) is 15.3. The fraction of sp³-hybridized carbons (Fsp3) is 0.300. The third kappa shape index (κ3) is 2.47. The van der Waals surface area contributed by atoms with E-state index >= 15 is 0 Å². The van der Waals surface area contributed by atoms with E-state index in [0.717, 1.165) is 13.0 Å². The van der Waals surface area contributed by atoms with Crippen LogP contribution in [0.1, 0.15) is 6.42 Å². The van der Waals surface area contributed by atoms with Crippen molar-refractivity contribution in [3.8, 4) is 0 Å². The van der Waals surface area contributed by atoms with Crippen LogP contribution in [0.4, 0.5) is 5.69 Å². The zero-order valence-corrected chi connectivity index (χ0v) is 8.78. The van der Waals surface area contributed by atoms with Gasteiger partial charge in [0, 0.05) is 31.0 Å². The Kier molecular flexibility index (Phi) is 3.00. The molecule has 0 atom stereocenters. The molecule has 0 saturated carbocycles. The zero-order chi connectivity index (χ0) is 11.4. The third-order valence-electron chi connectivity index (χ3n) is 2.26. The molecule has 0 aliphatic rings. The third-order valence-corrected chi connectivity index (χ3v) is 2.26. The molecule has 0 aliphatic heterocycles. The summed E-state index contributed by atoms with van der Waals surface area (Å²) < 4.78 is 3.34. The molecule has 16 heavy (non-hydrogen) atoms. The van der Waals surface area contributed by atoms with Crippen LogP contribution in [0.3, 0.4) is 0 Å². The van der Waals surface area contributed by atoms with Gasteiger partial charge in [0.2, 0.25) is 0 Å². The summed E-state index contributed by atoms with van der Waals surface area (Å²) in [5, 5.41) is 3.98. The van der Waals surface area contributed by atoms with E-state index in [4.69, 9.17) is 5.73 Å². The molecule has 2 aromatic rings. The summed E-state index contributed by atoms with van der Waals surface area (Å²) >= 11 is 0. The number of pyridine rings is 1. The molecule has 84 valence electrons. The highest BCUT2D eigenvalue weighted by atomic mass is 16.1. The minimum atomic E-state index is -0.0345. The molecule has 0 radical (unpaired) electrons. The Morgan fingerprint density at radius 1 is 1.31 bits per heavy atom. The van der Waals surface area contributed by atoms with Crippen LogP contribution >= 0.6 is 0 Å². The van der Waals surface area contributed by atoms with E-state index in [0.29, 0.717) is 12.2 Å². The summed E-state index contributed by atoms with van der Waals surface area (Å²) in [5.41, 5.74) is 6.17. The van der Waals surface area contributed by atoms with E-state index in [2.05, 4.69) is 10.1 Å². The Balaban J connectivity index is 1.94. The molecule has 6 heteroatoms. The van der Waals surface area contributed by atoms with Gasteiger partial charge in [-0.25, -0.2) is 4.98 Å². The predicted molar refractivity (Wildman–Crippen MR) is 59.8 cm³/mol. The highest BCUT2D eigenvalue weighted by Crippen LogP contribution is 1.97. The van der Waals surface area contributed by atoms with Crippen LogP contribution in [-0.2, 0) is 13.1 Å². The minimum Gasteiger partial charge on any atom is -0.398 e. The van der Waals surface area contributed by atoms with Gasteiger partial charge in [-0.3, -0.25) is 9.48 Å². The molecular formula is C10H13N5O. The first-order chi connectivity index (χ1) is 7.75. The maximum Gasteiger partial charge on any atom is 0.250 e. The maximum absolute atomic E-state index is 11.4. The van der Waals surface area contributed by atoms with Gasteiger partial charge in [-0.2, -0.15) is 5.10 Å². The molecule has 0 unspecified atom stereocenters. The number of aromatic nitrogens is 4. The monoisotopic (exact) mass is 219 g/mol. The summed E-state index contributed by atoms with van der Waals surface area (Å²) in [7, 11) is 0. The largest absolute Gasteiger partial charge is 0.398 e. The Labute approximate surface area is 92.3 Å². The van der Waals surface area contributed by atoms with Crippen molar-refractivity contribution in [1.82, 2.24) is 19.3 Å². The lowest BCUT2D eigenvalue weighted by Crippen LogP contribution is -2.19. The average Bonchev–Trinajstić information content (AvgIpc) is 2.76. The van der Waals surface area contributed by atoms with E-state index in [1.807, 2.05) is 0 Å². The molecule has 2 rings (SSSR count). The van der Waals surface area contributed by atoms with Crippen LogP contribution in [0.5, 0.6) is 0 Å². The van der Waals surface area contributed by atoms with Crippen LogP contribution in [0, 0.1) is 0 Å². The summed E-state index contributed by atoms with van der Waals surface area (Å²) in [5.74, 6) is 0. The van der Waals surface area contributed by atoms with Gasteiger partial charge < -0.3 is 10.3 Å². The smallest absolute Gasteiger partial charge is 0.250 e. The highest BCUT2D eigenvalue weighted by molar-refractivity contribution is 5.33. The van der Waals surface area contributed by atoms with Crippen molar-refractivity contribution in [2.45, 2.75) is 19.5 Å². The molecule has 0 aliphatic carbocycles. The lowest BCUT2D eigenvalue weighted by Gasteiger charge is -2.05. The van der Waals surface area contributed by atoms with Crippen molar-refractivity contribution in [2.75, 3.05) is 5.73 Å². The van der Waals surface area contributed by atoms with Gasteiger partial charge in [0.1, 0.15) is 12.7 Å². The second-order valence-electron chi connectivity index (χ2n) is 3.51. The lowest BCUT2D eigenvalue weighted by atomic mass is 10.3. The molecule has 0 saturated heterocycles. The van der Waals surface area contributed by atoms with Gasteiger partial charge in [-0.05, 0) is 12.5 Å². The fourth-order valence-corrected chi connectivity index (χ4v) is 1.48. The lowest BCUT2D eigenvalue weighted by molar-refractivity contribution is 0.519. The van der Waals surface area contributed by atoms with E-state index in [1.165, 1.54) is 12.4 Å². The number of nitrogens with two attached hydrogens (primary N) is 1. The summed E-state index contributed by atoms with van der Waals surface area (Å²) in [6.45, 7) is 1.37. The highest BCUT2D eigenvalue weighted by Gasteiger charge is 1.97. The standard InChI is InChI=1S/C10H13N5O/c11-9-2-3-10(16)14(6-9)4-1-5-15-8-12-7-13-15/h2-3,6-8H,1,4-5,11H2. The van der Waals surface area contributed by atoms with Gasteiger partial charge in [-0.15, -0.1) is 0 Å². The summed E-state index contributed by atoms with van der Waals surface area (Å²) in [6, 6.07) is 3.08. The number of hydrogen-bond acceptors (Lipinski definition) is 4. The second kappa shape index (κ2) is 4.61. The number of anilines is 1. The molecule has 0 aromatic carbocycles. The van der Waals surface area contributed by atoms with E-state index in [-0.39, 0.29) is 5.56 Å². The normalized spacial score (nSPS) is 10.5. The molecule has 2 aromatic heterocycles. The van der Waals surface area contributed by atoms with Gasteiger partial charge in [-0.1, -0.05) is 0 Å². The van der Waals surface area contributed by atoms with Crippen molar-refractivity contribution in [2.24, 2.45) is 0 Å². The van der Waals surface area contributed by atoms with E-state index in [9.17, 15) is 4.79 Å². The second-order valence-corrected chi connectivity index (χ2v) is 3.51. The molecule has 0 spiro atoms. The Morgan fingerprint density at radius 3 is 2.94 bits per heavy atom. The van der Waals surface area contributed by atoms with Crippen LogP contribution in [-0.4, -0.2) is 19.3 Å². The topological polar surface area (TPSA) is 78.7 Å². The molecule has 2 N–H and O–H groups in total. The molecule has 2 heterocycles. The first kappa shape index (κ1) is 10.4. The first-order valence-corrected chi connectivity index (χ1v) is 5.04. The number of rotatable bonds is 4. The van der Waals surface area contributed by atoms with Crippen molar-refractivity contribution in [3.63, 3.8) is 0 Å². The molecule has 6 nitrogen and oxygen atoms in total. The molecular weight excluding hydrogens is 206 g/mol. The van der Waals surface area contributed by atoms with Crippen molar-refractivity contribution in [3.05, 3.63) is 41.3 Å². The number of nitrogen functional groups attached to an aromatic ring is 1. The molecule has 0 amide bonds. The summed E-state index contributed by atoms with van der Waals surface area (Å²) in [6.07, 6.45) is 5.62. The average molecular weight is 219 g/mol. The Hall–Kier alpha value is -2.11. The van der Waals surface area contributed by atoms with Crippen LogP contribution in [0.25, 0.3) is 0 Å². The number of aryl methyl sites for hydroxylation is 2. The Bertz CT molecular complexity index is 502. The molecule has 0 bridgehead atoms. The quantitative estimate of drug-likeness (QED) is 0.791. The molecule has 0 fully saturated rings. The van der Waals surface area contributed by atoms with E-state index < -0.39 is 0 Å². The van der Waals surface area contributed by atoms with Gasteiger partial charge in [0.15, 0.2) is 0 Å². The zero-order valence-electron chi connectivity index (χ0n) is 8.78. The fourth-order valence-electron chi connectivity index (χ4n) is 1.48. The van der Waals surface area contributed by atoms with E-state index in [1.54, 1.807) is 27.8 Å². The van der Waals surface area contributed by atoms with Gasteiger partial charge in [0.25, 0.3) is 5.56 Å². The number of hydrogen-bond donors (Lipinski definition) is 1. The van der Waals surface area contributed by atoms with Crippen LogP contribution in [0.15, 0.2) is 35.8 Å². The van der Waals surface area contributed by atoms with Gasteiger partial charge in [0.05, 0.1) is 0 Å². The van der Waals surface area contributed by atoms with Crippen LogP contribution in [0.2, 0.25) is 0 Å². The van der Waals surface area contributed by atoms with Gasteiger partial charge >= 0.3 is 0 Å². The minimum absolute atomic E-state index is 0.0345. The van der Waals surface area contributed by atoms with Crippen molar-refractivity contribution < 1.29 is 0 Å². The van der Waals surface area contributed by atoms with Crippen LogP contribution < -0.4 is 11.3 Å². The van der Waals surface area contributed by atoms with Crippen molar-refractivity contribution >= 4 is 5.69 Å². The maximum atomic E-state index is 11.4. The first-order valence-electron chi connectivity index (χ1n) is 5.04.